The van der Waals surface area contributed by atoms with Crippen LogP contribution in [0.15, 0.2) is 40.9 Å². The van der Waals surface area contributed by atoms with Gasteiger partial charge in [0.1, 0.15) is 0 Å². The van der Waals surface area contributed by atoms with Crippen LogP contribution in [0, 0.1) is 6.92 Å². The Bertz CT molecular complexity index is 512. The molecule has 0 saturated carbocycles. The standard InChI is InChI=1S/C15H18BrNOS/c1-12-5-6-15(19-12)10-17-7-8-18-11-13-3-2-4-14(16)9-13/h2-6,9,17H,7-8,10-11H2,1H3. The topological polar surface area (TPSA) is 21.3 Å². The van der Waals surface area contributed by atoms with Crippen molar-refractivity contribution in [3.8, 4) is 0 Å². The number of benzene rings is 1. The molecule has 0 amide bonds. The van der Waals surface area contributed by atoms with E-state index in [1.165, 1.54) is 15.3 Å². The van der Waals surface area contributed by atoms with Gasteiger partial charge < -0.3 is 10.1 Å². The van der Waals surface area contributed by atoms with Crippen LogP contribution in [-0.2, 0) is 17.9 Å². The molecule has 102 valence electrons. The van der Waals surface area contributed by atoms with Gasteiger partial charge in [0, 0.05) is 27.3 Å². The summed E-state index contributed by atoms with van der Waals surface area (Å²) in [5, 5.41) is 3.39. The molecule has 0 bridgehead atoms. The van der Waals surface area contributed by atoms with Gasteiger partial charge in [0.05, 0.1) is 13.2 Å². The molecule has 2 aromatic rings. The minimum Gasteiger partial charge on any atom is -0.375 e. The van der Waals surface area contributed by atoms with E-state index in [9.17, 15) is 0 Å². The number of nitrogens with one attached hydrogen (secondary N) is 1. The maximum Gasteiger partial charge on any atom is 0.0717 e. The molecule has 1 heterocycles. The average molecular weight is 340 g/mol. The van der Waals surface area contributed by atoms with Crippen molar-refractivity contribution >= 4 is 27.3 Å². The largest absolute Gasteiger partial charge is 0.375 e. The second-order valence-corrected chi connectivity index (χ2v) is 6.66. The lowest BCUT2D eigenvalue weighted by Crippen LogP contribution is -2.18. The molecule has 0 aliphatic rings. The highest BCUT2D eigenvalue weighted by Crippen LogP contribution is 2.14. The molecule has 0 radical (unpaired) electrons. The molecule has 0 atom stereocenters. The van der Waals surface area contributed by atoms with Crippen LogP contribution < -0.4 is 5.32 Å². The number of thiophene rings is 1. The zero-order valence-electron chi connectivity index (χ0n) is 11.0. The van der Waals surface area contributed by atoms with Crippen molar-refractivity contribution in [1.29, 1.82) is 0 Å². The van der Waals surface area contributed by atoms with Gasteiger partial charge in [0.15, 0.2) is 0 Å². The Labute approximate surface area is 126 Å². The second-order valence-electron chi connectivity index (χ2n) is 4.37. The molecule has 1 N–H and O–H groups in total. The van der Waals surface area contributed by atoms with Gasteiger partial charge in [-0.3, -0.25) is 0 Å². The number of aryl methyl sites for hydroxylation is 1. The first kappa shape index (κ1) is 14.7. The molecule has 4 heteroatoms. The molecule has 1 aromatic carbocycles. The highest BCUT2D eigenvalue weighted by molar-refractivity contribution is 9.10. The number of rotatable bonds is 7. The maximum atomic E-state index is 5.64. The lowest BCUT2D eigenvalue weighted by molar-refractivity contribution is 0.122. The first-order valence-electron chi connectivity index (χ1n) is 6.32. The second kappa shape index (κ2) is 7.80. The molecular formula is C15H18BrNOS. The van der Waals surface area contributed by atoms with Crippen LogP contribution in [0.5, 0.6) is 0 Å². The van der Waals surface area contributed by atoms with E-state index >= 15 is 0 Å². The number of hydrogen-bond acceptors (Lipinski definition) is 3. The van der Waals surface area contributed by atoms with Crippen LogP contribution in [0.1, 0.15) is 15.3 Å². The predicted molar refractivity (Wildman–Crippen MR) is 84.6 cm³/mol. The number of ether oxygens (including phenoxy) is 1. The minimum atomic E-state index is 0.666. The molecule has 0 aliphatic carbocycles. The molecule has 1 aromatic heterocycles. The average Bonchev–Trinajstić information content (AvgIpc) is 2.79. The lowest BCUT2D eigenvalue weighted by atomic mass is 10.2. The van der Waals surface area contributed by atoms with E-state index in [-0.39, 0.29) is 0 Å². The molecule has 2 nitrogen and oxygen atoms in total. The van der Waals surface area contributed by atoms with Crippen LogP contribution in [0.3, 0.4) is 0 Å². The molecule has 0 unspecified atom stereocenters. The minimum absolute atomic E-state index is 0.666. The van der Waals surface area contributed by atoms with Gasteiger partial charge in [-0.15, -0.1) is 11.3 Å². The molecule has 2 rings (SSSR count). The molecular weight excluding hydrogens is 322 g/mol. The van der Waals surface area contributed by atoms with Gasteiger partial charge >= 0.3 is 0 Å². The van der Waals surface area contributed by atoms with E-state index in [0.29, 0.717) is 6.61 Å². The first-order valence-corrected chi connectivity index (χ1v) is 7.93. The van der Waals surface area contributed by atoms with Gasteiger partial charge in [-0.1, -0.05) is 28.1 Å². The van der Waals surface area contributed by atoms with Crippen LogP contribution >= 0.6 is 27.3 Å². The van der Waals surface area contributed by atoms with Gasteiger partial charge in [-0.2, -0.15) is 0 Å². The van der Waals surface area contributed by atoms with Gasteiger partial charge in [-0.25, -0.2) is 0 Å². The van der Waals surface area contributed by atoms with Crippen LogP contribution in [0.4, 0.5) is 0 Å². The van der Waals surface area contributed by atoms with Crippen molar-refractivity contribution in [3.63, 3.8) is 0 Å². The third-order valence-electron chi connectivity index (χ3n) is 2.68. The summed E-state index contributed by atoms with van der Waals surface area (Å²) in [5.41, 5.74) is 1.20. The van der Waals surface area contributed by atoms with E-state index in [1.54, 1.807) is 0 Å². The molecule has 0 fully saturated rings. The summed E-state index contributed by atoms with van der Waals surface area (Å²) in [6.45, 7) is 5.34. The summed E-state index contributed by atoms with van der Waals surface area (Å²) in [6, 6.07) is 12.5. The van der Waals surface area contributed by atoms with Crippen LogP contribution in [0.25, 0.3) is 0 Å². The van der Waals surface area contributed by atoms with E-state index in [1.807, 2.05) is 23.5 Å². The summed E-state index contributed by atoms with van der Waals surface area (Å²) >= 11 is 5.30. The Kier molecular flexibility index (Phi) is 6.04. The van der Waals surface area contributed by atoms with Gasteiger partial charge in [0.2, 0.25) is 0 Å². The highest BCUT2D eigenvalue weighted by Gasteiger charge is 1.97. The zero-order valence-corrected chi connectivity index (χ0v) is 13.4. The predicted octanol–water partition coefficient (Wildman–Crippen LogP) is 4.13. The fourth-order valence-electron chi connectivity index (χ4n) is 1.75. The van der Waals surface area contributed by atoms with Crippen molar-refractivity contribution in [3.05, 3.63) is 56.2 Å². The summed E-state index contributed by atoms with van der Waals surface area (Å²) in [7, 11) is 0. The third-order valence-corrected chi connectivity index (χ3v) is 4.17. The Morgan fingerprint density at radius 3 is 2.89 bits per heavy atom. The summed E-state index contributed by atoms with van der Waals surface area (Å²) < 4.78 is 6.73. The molecule has 0 saturated heterocycles. The Morgan fingerprint density at radius 1 is 1.26 bits per heavy atom. The Balaban J connectivity index is 1.57. The van der Waals surface area contributed by atoms with Crippen molar-refractivity contribution in [2.75, 3.05) is 13.2 Å². The first-order chi connectivity index (χ1) is 9.24. The smallest absolute Gasteiger partial charge is 0.0717 e. The van der Waals surface area contributed by atoms with Gasteiger partial charge in [0.25, 0.3) is 0 Å². The molecule has 0 spiro atoms. The van der Waals surface area contributed by atoms with Crippen molar-refractivity contribution < 1.29 is 4.74 Å². The third kappa shape index (κ3) is 5.45. The van der Waals surface area contributed by atoms with Gasteiger partial charge in [-0.05, 0) is 36.8 Å². The highest BCUT2D eigenvalue weighted by atomic mass is 79.9. The fraction of sp³-hybridized carbons (Fsp3) is 0.333. The summed E-state index contributed by atoms with van der Waals surface area (Å²) in [6.07, 6.45) is 0. The van der Waals surface area contributed by atoms with Crippen molar-refractivity contribution in [2.24, 2.45) is 0 Å². The SMILES string of the molecule is Cc1ccc(CNCCOCc2cccc(Br)c2)s1. The fourth-order valence-corrected chi connectivity index (χ4v) is 3.06. The monoisotopic (exact) mass is 339 g/mol. The van der Waals surface area contributed by atoms with E-state index < -0.39 is 0 Å². The van der Waals surface area contributed by atoms with E-state index in [2.05, 4.69) is 52.4 Å². The Morgan fingerprint density at radius 2 is 2.16 bits per heavy atom. The molecule has 19 heavy (non-hydrogen) atoms. The Hall–Kier alpha value is -0.680. The van der Waals surface area contributed by atoms with E-state index in [0.717, 1.165) is 24.2 Å². The quantitative estimate of drug-likeness (QED) is 0.766. The number of halogens is 1. The summed E-state index contributed by atoms with van der Waals surface area (Å²) in [4.78, 5) is 2.74. The lowest BCUT2D eigenvalue weighted by Gasteiger charge is -2.06. The van der Waals surface area contributed by atoms with Crippen LogP contribution in [-0.4, -0.2) is 13.2 Å². The van der Waals surface area contributed by atoms with E-state index in [4.69, 9.17) is 4.74 Å². The number of hydrogen-bond donors (Lipinski definition) is 1. The maximum absolute atomic E-state index is 5.64. The van der Waals surface area contributed by atoms with Crippen LogP contribution in [0.2, 0.25) is 0 Å². The van der Waals surface area contributed by atoms with Crippen molar-refractivity contribution in [2.45, 2.75) is 20.1 Å². The summed E-state index contributed by atoms with van der Waals surface area (Å²) in [5.74, 6) is 0. The molecule has 0 aliphatic heterocycles. The van der Waals surface area contributed by atoms with Crippen molar-refractivity contribution in [1.82, 2.24) is 5.32 Å². The zero-order chi connectivity index (χ0) is 13.5. The normalized spacial score (nSPS) is 10.8.